The highest BCUT2D eigenvalue weighted by molar-refractivity contribution is 5.32. The van der Waals surface area contributed by atoms with Gasteiger partial charge in [0.15, 0.2) is 0 Å². The molecule has 5 heteroatoms. The summed E-state index contributed by atoms with van der Waals surface area (Å²) in [5, 5.41) is 13.7. The molecule has 0 aliphatic heterocycles. The maximum Gasteiger partial charge on any atom is 0.269 e. The fourth-order valence-electron chi connectivity index (χ4n) is 1.63. The van der Waals surface area contributed by atoms with Gasteiger partial charge < -0.3 is 9.73 Å². The minimum Gasteiger partial charge on any atom is -0.469 e. The Labute approximate surface area is 105 Å². The highest BCUT2D eigenvalue weighted by Gasteiger charge is 2.03. The molecule has 0 saturated heterocycles. The standard InChI is InChI=1S/C13H14N2O3/c16-15(17)12-5-3-11(4-6-12)10-14-8-7-13-2-1-9-18-13/h1-6,9,14H,7-8,10H2. The molecule has 1 heterocycles. The first-order valence-corrected chi connectivity index (χ1v) is 5.72. The van der Waals surface area contributed by atoms with Crippen molar-refractivity contribution in [3.05, 3.63) is 64.1 Å². The lowest BCUT2D eigenvalue weighted by Gasteiger charge is -2.03. The van der Waals surface area contributed by atoms with Gasteiger partial charge in [-0.25, -0.2) is 0 Å². The van der Waals surface area contributed by atoms with Crippen LogP contribution in [-0.4, -0.2) is 11.5 Å². The van der Waals surface area contributed by atoms with Crippen molar-refractivity contribution in [1.82, 2.24) is 5.32 Å². The first-order chi connectivity index (χ1) is 8.75. The fourth-order valence-corrected chi connectivity index (χ4v) is 1.63. The van der Waals surface area contributed by atoms with Crippen LogP contribution in [0.2, 0.25) is 0 Å². The van der Waals surface area contributed by atoms with E-state index in [-0.39, 0.29) is 5.69 Å². The Morgan fingerprint density at radius 1 is 1.22 bits per heavy atom. The van der Waals surface area contributed by atoms with Gasteiger partial charge >= 0.3 is 0 Å². The molecule has 0 atom stereocenters. The van der Waals surface area contributed by atoms with E-state index in [1.165, 1.54) is 12.1 Å². The van der Waals surface area contributed by atoms with Crippen molar-refractivity contribution in [3.8, 4) is 0 Å². The van der Waals surface area contributed by atoms with Crippen molar-refractivity contribution in [3.63, 3.8) is 0 Å². The Balaban J connectivity index is 1.75. The van der Waals surface area contributed by atoms with Gasteiger partial charge in [0.2, 0.25) is 0 Å². The van der Waals surface area contributed by atoms with Gasteiger partial charge in [0.05, 0.1) is 11.2 Å². The maximum atomic E-state index is 10.5. The lowest BCUT2D eigenvalue weighted by Crippen LogP contribution is -2.16. The summed E-state index contributed by atoms with van der Waals surface area (Å²) in [6, 6.07) is 10.4. The van der Waals surface area contributed by atoms with E-state index in [9.17, 15) is 10.1 Å². The maximum absolute atomic E-state index is 10.5. The van der Waals surface area contributed by atoms with E-state index < -0.39 is 4.92 Å². The monoisotopic (exact) mass is 246 g/mol. The molecule has 94 valence electrons. The van der Waals surface area contributed by atoms with E-state index in [4.69, 9.17) is 4.42 Å². The molecule has 0 unspecified atom stereocenters. The topological polar surface area (TPSA) is 68.3 Å². The number of nitrogens with zero attached hydrogens (tertiary/aromatic N) is 1. The zero-order valence-electron chi connectivity index (χ0n) is 9.83. The molecule has 0 aliphatic rings. The van der Waals surface area contributed by atoms with Crippen LogP contribution in [0.4, 0.5) is 5.69 Å². The van der Waals surface area contributed by atoms with Crippen LogP contribution in [0, 0.1) is 10.1 Å². The number of non-ortho nitro benzene ring substituents is 1. The second kappa shape index (κ2) is 5.97. The number of nitro benzene ring substituents is 1. The third kappa shape index (κ3) is 3.43. The molecule has 2 aromatic rings. The third-order valence-electron chi connectivity index (χ3n) is 2.60. The molecule has 0 spiro atoms. The number of benzene rings is 1. The Hall–Kier alpha value is -2.14. The van der Waals surface area contributed by atoms with Crippen LogP contribution in [0.15, 0.2) is 47.1 Å². The molecule has 2 rings (SSSR count). The number of hydrogen-bond donors (Lipinski definition) is 1. The highest BCUT2D eigenvalue weighted by Crippen LogP contribution is 2.11. The van der Waals surface area contributed by atoms with Crippen LogP contribution in [0.25, 0.3) is 0 Å². The average Bonchev–Trinajstić information content (AvgIpc) is 2.88. The van der Waals surface area contributed by atoms with Gasteiger partial charge in [-0.1, -0.05) is 12.1 Å². The molecule has 0 amide bonds. The molecular weight excluding hydrogens is 232 g/mol. The van der Waals surface area contributed by atoms with Crippen molar-refractivity contribution in [2.45, 2.75) is 13.0 Å². The molecule has 5 nitrogen and oxygen atoms in total. The molecule has 18 heavy (non-hydrogen) atoms. The lowest BCUT2D eigenvalue weighted by atomic mass is 10.2. The minimum atomic E-state index is -0.395. The van der Waals surface area contributed by atoms with Gasteiger partial charge in [0.1, 0.15) is 5.76 Å². The van der Waals surface area contributed by atoms with Crippen molar-refractivity contribution in [2.75, 3.05) is 6.54 Å². The van der Waals surface area contributed by atoms with Gasteiger partial charge in [0.25, 0.3) is 5.69 Å². The number of furan rings is 1. The second-order valence-electron chi connectivity index (χ2n) is 3.93. The number of rotatable bonds is 6. The smallest absolute Gasteiger partial charge is 0.269 e. The van der Waals surface area contributed by atoms with E-state index in [1.807, 2.05) is 12.1 Å². The van der Waals surface area contributed by atoms with E-state index in [2.05, 4.69) is 5.32 Å². The quantitative estimate of drug-likeness (QED) is 0.483. The number of nitro groups is 1. The van der Waals surface area contributed by atoms with E-state index in [1.54, 1.807) is 18.4 Å². The molecule has 1 aromatic carbocycles. The molecule has 1 N–H and O–H groups in total. The Morgan fingerprint density at radius 2 is 2.00 bits per heavy atom. The average molecular weight is 246 g/mol. The van der Waals surface area contributed by atoms with Gasteiger partial charge in [0, 0.05) is 31.6 Å². The predicted molar refractivity (Wildman–Crippen MR) is 67.2 cm³/mol. The Bertz CT molecular complexity index is 491. The number of nitrogens with one attached hydrogen (secondary N) is 1. The van der Waals surface area contributed by atoms with Crippen LogP contribution >= 0.6 is 0 Å². The fraction of sp³-hybridized carbons (Fsp3) is 0.231. The normalized spacial score (nSPS) is 10.4. The van der Waals surface area contributed by atoms with Crippen molar-refractivity contribution in [1.29, 1.82) is 0 Å². The summed E-state index contributed by atoms with van der Waals surface area (Å²) >= 11 is 0. The third-order valence-corrected chi connectivity index (χ3v) is 2.60. The summed E-state index contributed by atoms with van der Waals surface area (Å²) in [7, 11) is 0. The van der Waals surface area contributed by atoms with Gasteiger partial charge in [-0.2, -0.15) is 0 Å². The zero-order chi connectivity index (χ0) is 12.8. The lowest BCUT2D eigenvalue weighted by molar-refractivity contribution is -0.384. The number of hydrogen-bond acceptors (Lipinski definition) is 4. The molecule has 0 aliphatic carbocycles. The minimum absolute atomic E-state index is 0.120. The van der Waals surface area contributed by atoms with E-state index in [0.29, 0.717) is 6.54 Å². The first-order valence-electron chi connectivity index (χ1n) is 5.72. The van der Waals surface area contributed by atoms with Crippen LogP contribution in [-0.2, 0) is 13.0 Å². The predicted octanol–water partition coefficient (Wildman–Crippen LogP) is 2.52. The molecule has 0 radical (unpaired) electrons. The SMILES string of the molecule is O=[N+]([O-])c1ccc(CNCCc2ccco2)cc1. The van der Waals surface area contributed by atoms with Gasteiger partial charge in [-0.3, -0.25) is 10.1 Å². The van der Waals surface area contributed by atoms with Crippen LogP contribution in [0.3, 0.4) is 0 Å². The Morgan fingerprint density at radius 3 is 2.61 bits per heavy atom. The van der Waals surface area contributed by atoms with Crippen molar-refractivity contribution in [2.24, 2.45) is 0 Å². The van der Waals surface area contributed by atoms with Crippen LogP contribution in [0.1, 0.15) is 11.3 Å². The summed E-state index contributed by atoms with van der Waals surface area (Å²) in [5.74, 6) is 0.950. The zero-order valence-corrected chi connectivity index (χ0v) is 9.83. The first kappa shape index (κ1) is 12.3. The summed E-state index contributed by atoms with van der Waals surface area (Å²) in [5.41, 5.74) is 1.15. The molecule has 0 bridgehead atoms. The molecular formula is C13H14N2O3. The molecule has 1 aromatic heterocycles. The van der Waals surface area contributed by atoms with Crippen LogP contribution < -0.4 is 5.32 Å². The highest BCUT2D eigenvalue weighted by atomic mass is 16.6. The molecule has 0 saturated carbocycles. The van der Waals surface area contributed by atoms with Gasteiger partial charge in [-0.15, -0.1) is 0 Å². The second-order valence-corrected chi connectivity index (χ2v) is 3.93. The largest absolute Gasteiger partial charge is 0.469 e. The van der Waals surface area contributed by atoms with E-state index >= 15 is 0 Å². The summed E-state index contributed by atoms with van der Waals surface area (Å²) < 4.78 is 5.21. The van der Waals surface area contributed by atoms with Crippen molar-refractivity contribution < 1.29 is 9.34 Å². The summed E-state index contributed by atoms with van der Waals surface area (Å²) in [4.78, 5) is 10.1. The van der Waals surface area contributed by atoms with Crippen LogP contribution in [0.5, 0.6) is 0 Å². The van der Waals surface area contributed by atoms with Crippen molar-refractivity contribution >= 4 is 5.69 Å². The Kier molecular flexibility index (Phi) is 4.09. The van der Waals surface area contributed by atoms with E-state index in [0.717, 1.165) is 24.3 Å². The summed E-state index contributed by atoms with van der Waals surface area (Å²) in [6.07, 6.45) is 2.49. The summed E-state index contributed by atoms with van der Waals surface area (Å²) in [6.45, 7) is 1.50. The van der Waals surface area contributed by atoms with Gasteiger partial charge in [-0.05, 0) is 17.7 Å². The molecule has 0 fully saturated rings.